The highest BCUT2D eigenvalue weighted by Gasteiger charge is 2.03. The van der Waals surface area contributed by atoms with Gasteiger partial charge in [0, 0.05) is 19.8 Å². The first-order chi connectivity index (χ1) is 9.63. The number of benzene rings is 2. The highest BCUT2D eigenvalue weighted by molar-refractivity contribution is 7.99. The van der Waals surface area contributed by atoms with Crippen LogP contribution >= 0.6 is 47.1 Å². The summed E-state index contributed by atoms with van der Waals surface area (Å²) in [6.45, 7) is 0. The van der Waals surface area contributed by atoms with E-state index in [-0.39, 0.29) is 6.03 Å². The highest BCUT2D eigenvalue weighted by atomic mass is 35.5. The average molecular weight is 345 g/mol. The SMILES string of the molecule is O=C(NSc1cccc(Cl)c1)NSc1cccc(Cl)c1. The van der Waals surface area contributed by atoms with E-state index in [1.54, 1.807) is 24.3 Å². The van der Waals surface area contributed by atoms with Crippen molar-refractivity contribution in [2.45, 2.75) is 9.79 Å². The van der Waals surface area contributed by atoms with Gasteiger partial charge in [0.15, 0.2) is 0 Å². The summed E-state index contributed by atoms with van der Waals surface area (Å²) < 4.78 is 5.33. The molecule has 0 aliphatic heterocycles. The van der Waals surface area contributed by atoms with Crippen molar-refractivity contribution >= 4 is 53.1 Å². The molecule has 20 heavy (non-hydrogen) atoms. The zero-order chi connectivity index (χ0) is 14.4. The van der Waals surface area contributed by atoms with E-state index < -0.39 is 0 Å². The predicted molar refractivity (Wildman–Crippen MR) is 86.3 cm³/mol. The largest absolute Gasteiger partial charge is 0.335 e. The molecule has 0 atom stereocenters. The first kappa shape index (κ1) is 15.4. The zero-order valence-electron chi connectivity index (χ0n) is 10.1. The van der Waals surface area contributed by atoms with Gasteiger partial charge in [0.2, 0.25) is 0 Å². The lowest BCUT2D eigenvalue weighted by Gasteiger charge is -2.06. The van der Waals surface area contributed by atoms with Gasteiger partial charge in [0.25, 0.3) is 0 Å². The summed E-state index contributed by atoms with van der Waals surface area (Å²) in [4.78, 5) is 13.4. The maximum Gasteiger partial charge on any atom is 0.335 e. The van der Waals surface area contributed by atoms with Crippen molar-refractivity contribution in [3.63, 3.8) is 0 Å². The van der Waals surface area contributed by atoms with Crippen molar-refractivity contribution in [3.8, 4) is 0 Å². The Bertz CT molecular complexity index is 559. The zero-order valence-corrected chi connectivity index (χ0v) is 13.2. The van der Waals surface area contributed by atoms with Crippen LogP contribution in [0.2, 0.25) is 10.0 Å². The lowest BCUT2D eigenvalue weighted by molar-refractivity contribution is 0.252. The molecule has 0 unspecified atom stereocenters. The molecule has 0 aliphatic carbocycles. The van der Waals surface area contributed by atoms with Crippen molar-refractivity contribution < 1.29 is 4.79 Å². The summed E-state index contributed by atoms with van der Waals surface area (Å²) in [6.07, 6.45) is 0. The van der Waals surface area contributed by atoms with Crippen LogP contribution in [0.25, 0.3) is 0 Å². The monoisotopic (exact) mass is 344 g/mol. The van der Waals surface area contributed by atoms with Gasteiger partial charge in [-0.25, -0.2) is 4.79 Å². The average Bonchev–Trinajstić information content (AvgIpc) is 2.43. The molecular formula is C13H10Cl2N2OS2. The smallest absolute Gasteiger partial charge is 0.277 e. The number of rotatable bonds is 4. The van der Waals surface area contributed by atoms with Crippen molar-refractivity contribution in [1.82, 2.24) is 9.44 Å². The Kier molecular flexibility index (Phi) is 5.91. The van der Waals surface area contributed by atoms with Crippen molar-refractivity contribution in [1.29, 1.82) is 0 Å². The van der Waals surface area contributed by atoms with Crippen LogP contribution in [-0.4, -0.2) is 6.03 Å². The van der Waals surface area contributed by atoms with Crippen LogP contribution < -0.4 is 9.44 Å². The highest BCUT2D eigenvalue weighted by Crippen LogP contribution is 2.20. The van der Waals surface area contributed by atoms with E-state index in [0.717, 1.165) is 9.79 Å². The molecular weight excluding hydrogens is 335 g/mol. The van der Waals surface area contributed by atoms with Crippen LogP contribution in [0.15, 0.2) is 58.3 Å². The van der Waals surface area contributed by atoms with Crippen LogP contribution in [0.5, 0.6) is 0 Å². The third kappa shape index (κ3) is 5.17. The molecule has 2 amide bonds. The van der Waals surface area contributed by atoms with Gasteiger partial charge in [-0.2, -0.15) is 0 Å². The van der Waals surface area contributed by atoms with Gasteiger partial charge in [-0.1, -0.05) is 35.3 Å². The molecule has 0 saturated carbocycles. The van der Waals surface area contributed by atoms with Crippen LogP contribution in [0.4, 0.5) is 4.79 Å². The minimum Gasteiger partial charge on any atom is -0.277 e. The van der Waals surface area contributed by atoms with E-state index in [2.05, 4.69) is 9.44 Å². The second-order valence-corrected chi connectivity index (χ2v) is 6.28. The van der Waals surface area contributed by atoms with Gasteiger partial charge in [0.1, 0.15) is 0 Å². The molecule has 2 rings (SSSR count). The summed E-state index contributed by atoms with van der Waals surface area (Å²) >= 11 is 14.1. The second kappa shape index (κ2) is 7.69. The van der Waals surface area contributed by atoms with Crippen molar-refractivity contribution in [2.24, 2.45) is 0 Å². The summed E-state index contributed by atoms with van der Waals surface area (Å²) in [5.74, 6) is 0. The Morgan fingerprint density at radius 2 is 1.30 bits per heavy atom. The number of halogens is 2. The molecule has 0 heterocycles. The van der Waals surface area contributed by atoms with E-state index >= 15 is 0 Å². The van der Waals surface area contributed by atoms with E-state index in [4.69, 9.17) is 23.2 Å². The summed E-state index contributed by atoms with van der Waals surface area (Å²) in [6, 6.07) is 14.2. The molecule has 0 fully saturated rings. The third-order valence-electron chi connectivity index (χ3n) is 2.12. The summed E-state index contributed by atoms with van der Waals surface area (Å²) in [5.41, 5.74) is 0. The molecule has 0 radical (unpaired) electrons. The molecule has 104 valence electrons. The summed E-state index contributed by atoms with van der Waals surface area (Å²) in [5, 5.41) is 1.26. The van der Waals surface area contributed by atoms with E-state index in [1.165, 1.54) is 23.9 Å². The molecule has 2 N–H and O–H groups in total. The Labute approximate surface area is 135 Å². The molecule has 0 aliphatic rings. The molecule has 0 aromatic heterocycles. The lowest BCUT2D eigenvalue weighted by Crippen LogP contribution is -2.25. The van der Waals surface area contributed by atoms with E-state index in [0.29, 0.717) is 10.0 Å². The normalized spacial score (nSPS) is 10.1. The van der Waals surface area contributed by atoms with Crippen molar-refractivity contribution in [2.75, 3.05) is 0 Å². The van der Waals surface area contributed by atoms with Gasteiger partial charge in [-0.05, 0) is 60.3 Å². The minimum atomic E-state index is -0.306. The number of hydrogen-bond acceptors (Lipinski definition) is 3. The first-order valence-corrected chi connectivity index (χ1v) is 7.93. The Hall–Kier alpha value is -1.01. The maximum atomic E-state index is 11.6. The number of hydrogen-bond donors (Lipinski definition) is 2. The third-order valence-corrected chi connectivity index (χ3v) is 4.14. The predicted octanol–water partition coefficient (Wildman–Crippen LogP) is 5.01. The van der Waals surface area contributed by atoms with Gasteiger partial charge >= 0.3 is 6.03 Å². The van der Waals surface area contributed by atoms with E-state index in [9.17, 15) is 4.79 Å². The maximum absolute atomic E-state index is 11.6. The van der Waals surface area contributed by atoms with Crippen LogP contribution in [0.1, 0.15) is 0 Å². The Morgan fingerprint density at radius 1 is 0.850 bits per heavy atom. The number of carbonyl (C=O) groups is 1. The first-order valence-electron chi connectivity index (χ1n) is 5.54. The van der Waals surface area contributed by atoms with Crippen molar-refractivity contribution in [3.05, 3.63) is 58.6 Å². The van der Waals surface area contributed by atoms with Crippen LogP contribution in [-0.2, 0) is 0 Å². The number of carbonyl (C=O) groups excluding carboxylic acids is 1. The van der Waals surface area contributed by atoms with Gasteiger partial charge in [0.05, 0.1) is 0 Å². The number of amides is 2. The van der Waals surface area contributed by atoms with Gasteiger partial charge in [-0.3, -0.25) is 9.44 Å². The standard InChI is InChI=1S/C13H10Cl2N2OS2/c14-9-3-1-5-11(7-9)19-16-13(18)17-20-12-6-2-4-10(15)8-12/h1-8H,(H2,16,17,18). The Morgan fingerprint density at radius 3 is 1.70 bits per heavy atom. The quantitative estimate of drug-likeness (QED) is 0.766. The fourth-order valence-electron chi connectivity index (χ4n) is 1.29. The molecule has 2 aromatic rings. The molecule has 7 heteroatoms. The summed E-state index contributed by atoms with van der Waals surface area (Å²) in [7, 11) is 0. The lowest BCUT2D eigenvalue weighted by atomic mass is 10.4. The topological polar surface area (TPSA) is 41.1 Å². The molecule has 0 bridgehead atoms. The fourth-order valence-corrected chi connectivity index (χ4v) is 3.06. The van der Waals surface area contributed by atoms with E-state index in [1.807, 2.05) is 24.3 Å². The van der Waals surface area contributed by atoms with Crippen LogP contribution in [0, 0.1) is 0 Å². The molecule has 2 aromatic carbocycles. The van der Waals surface area contributed by atoms with Gasteiger partial charge in [-0.15, -0.1) is 0 Å². The van der Waals surface area contributed by atoms with Gasteiger partial charge < -0.3 is 0 Å². The number of urea groups is 1. The number of nitrogens with one attached hydrogen (secondary N) is 2. The minimum absolute atomic E-state index is 0.306. The van der Waals surface area contributed by atoms with Crippen LogP contribution in [0.3, 0.4) is 0 Å². The second-order valence-electron chi connectivity index (χ2n) is 3.65. The molecule has 3 nitrogen and oxygen atoms in total. The molecule has 0 spiro atoms. The molecule has 0 saturated heterocycles. The fraction of sp³-hybridized carbons (Fsp3) is 0. The Balaban J connectivity index is 1.78.